The Balaban J connectivity index is 0.00000133. The minimum atomic E-state index is 0. The number of benzene rings is 1. The van der Waals surface area contributed by atoms with E-state index in [1.54, 1.807) is 0 Å². The average molecular weight is 432 g/mol. The van der Waals surface area contributed by atoms with Crippen LogP contribution in [0.1, 0.15) is 49.3 Å². The molecule has 2 aromatic rings. The molecule has 103 valence electrons. The van der Waals surface area contributed by atoms with Crippen LogP contribution in [-0.2, 0) is 20.1 Å². The second-order valence-electron chi connectivity index (χ2n) is 5.18. The van der Waals surface area contributed by atoms with Gasteiger partial charge < -0.3 is 0 Å². The van der Waals surface area contributed by atoms with E-state index in [4.69, 9.17) is 0 Å². The molecule has 0 spiro atoms. The maximum atomic E-state index is 4.55. The topological polar surface area (TPSA) is 17.8 Å². The molecule has 0 N–H and O–H groups in total. The Hall–Kier alpha value is -0.921. The number of aromatic nitrogens is 2. The molecule has 1 heterocycles. The third kappa shape index (κ3) is 2.98. The average Bonchev–Trinajstić information content (AvgIpc) is 2.83. The Labute approximate surface area is 128 Å². The Kier molecular flexibility index (Phi) is 4.95. The fourth-order valence-corrected chi connectivity index (χ4v) is 3.00. The molecule has 1 aromatic carbocycles. The number of hydrogen-bond acceptors (Lipinski definition) is 1. The summed E-state index contributed by atoms with van der Waals surface area (Å²) < 4.78 is 2.02. The van der Waals surface area contributed by atoms with Crippen molar-refractivity contribution in [3.8, 4) is 5.69 Å². The predicted octanol–water partition coefficient (Wildman–Crippen LogP) is 4.03. The van der Waals surface area contributed by atoms with Crippen molar-refractivity contribution in [3.63, 3.8) is 0 Å². The SMILES string of the molecule is Cc1c(C2CCCCC2)cnn1-c1[c-]cccc1.[Ir]. The van der Waals surface area contributed by atoms with Gasteiger partial charge in [-0.1, -0.05) is 19.3 Å². The molecule has 1 saturated carbocycles. The van der Waals surface area contributed by atoms with Crippen LogP contribution in [0.2, 0.25) is 0 Å². The van der Waals surface area contributed by atoms with E-state index >= 15 is 0 Å². The van der Waals surface area contributed by atoms with Crippen LogP contribution in [0.5, 0.6) is 0 Å². The van der Waals surface area contributed by atoms with E-state index in [1.807, 2.05) is 22.9 Å². The summed E-state index contributed by atoms with van der Waals surface area (Å²) in [6, 6.07) is 11.3. The van der Waals surface area contributed by atoms with Crippen LogP contribution in [0, 0.1) is 13.0 Å². The maximum Gasteiger partial charge on any atom is 0.0530 e. The number of para-hydroxylation sites is 1. The van der Waals surface area contributed by atoms with Crippen LogP contribution in [0.3, 0.4) is 0 Å². The van der Waals surface area contributed by atoms with Crippen LogP contribution in [0.25, 0.3) is 5.69 Å². The molecule has 3 rings (SSSR count). The van der Waals surface area contributed by atoms with Gasteiger partial charge in [-0.25, -0.2) is 0 Å². The van der Waals surface area contributed by atoms with E-state index in [1.165, 1.54) is 43.4 Å². The molecule has 1 aromatic heterocycles. The summed E-state index contributed by atoms with van der Waals surface area (Å²) in [6.45, 7) is 2.18. The first-order valence-electron chi connectivity index (χ1n) is 6.88. The molecule has 1 aliphatic carbocycles. The quantitative estimate of drug-likeness (QED) is 0.657. The normalized spacial score (nSPS) is 16.1. The van der Waals surface area contributed by atoms with Gasteiger partial charge in [0, 0.05) is 25.8 Å². The van der Waals surface area contributed by atoms with Crippen molar-refractivity contribution in [2.45, 2.75) is 44.9 Å². The molecule has 1 aliphatic rings. The zero-order valence-corrected chi connectivity index (χ0v) is 13.6. The summed E-state index contributed by atoms with van der Waals surface area (Å²) in [4.78, 5) is 0. The predicted molar refractivity (Wildman–Crippen MR) is 73.0 cm³/mol. The van der Waals surface area contributed by atoms with Crippen LogP contribution >= 0.6 is 0 Å². The first kappa shape index (κ1) is 14.5. The Morgan fingerprint density at radius 2 is 2.00 bits per heavy atom. The minimum Gasteiger partial charge on any atom is -0.263 e. The van der Waals surface area contributed by atoms with E-state index in [0.717, 1.165) is 11.6 Å². The van der Waals surface area contributed by atoms with Crippen LogP contribution in [-0.4, -0.2) is 9.78 Å². The molecule has 0 atom stereocenters. The van der Waals surface area contributed by atoms with Crippen LogP contribution in [0.4, 0.5) is 0 Å². The molecule has 0 saturated heterocycles. The van der Waals surface area contributed by atoms with Gasteiger partial charge >= 0.3 is 0 Å². The van der Waals surface area contributed by atoms with E-state index in [9.17, 15) is 0 Å². The van der Waals surface area contributed by atoms with Crippen molar-refractivity contribution >= 4 is 0 Å². The van der Waals surface area contributed by atoms with Crippen molar-refractivity contribution in [1.29, 1.82) is 0 Å². The molecule has 0 bridgehead atoms. The minimum absolute atomic E-state index is 0. The fourth-order valence-electron chi connectivity index (χ4n) is 3.00. The third-order valence-electron chi connectivity index (χ3n) is 4.01. The van der Waals surface area contributed by atoms with Gasteiger partial charge in [0.05, 0.1) is 6.20 Å². The van der Waals surface area contributed by atoms with E-state index in [0.29, 0.717) is 0 Å². The Morgan fingerprint density at radius 3 is 2.68 bits per heavy atom. The molecule has 19 heavy (non-hydrogen) atoms. The largest absolute Gasteiger partial charge is 0.263 e. The zero-order valence-electron chi connectivity index (χ0n) is 11.2. The smallest absolute Gasteiger partial charge is 0.0530 e. The van der Waals surface area contributed by atoms with Crippen molar-refractivity contribution < 1.29 is 20.1 Å². The van der Waals surface area contributed by atoms with Crippen molar-refractivity contribution in [1.82, 2.24) is 9.78 Å². The van der Waals surface area contributed by atoms with E-state index < -0.39 is 0 Å². The first-order chi connectivity index (χ1) is 8.86. The monoisotopic (exact) mass is 432 g/mol. The molecule has 1 radical (unpaired) electrons. The van der Waals surface area contributed by atoms with Gasteiger partial charge in [-0.05, 0) is 36.9 Å². The van der Waals surface area contributed by atoms with Crippen molar-refractivity contribution in [2.75, 3.05) is 0 Å². The molecule has 3 heteroatoms. The van der Waals surface area contributed by atoms with Gasteiger partial charge in [-0.3, -0.25) is 4.68 Å². The van der Waals surface area contributed by atoms with Gasteiger partial charge in [-0.15, -0.1) is 6.07 Å². The van der Waals surface area contributed by atoms with Crippen molar-refractivity contribution in [2.24, 2.45) is 0 Å². The summed E-state index contributed by atoms with van der Waals surface area (Å²) in [5.74, 6) is 0.719. The molecular formula is C16H19IrN2-. The van der Waals surface area contributed by atoms with Gasteiger partial charge in [0.1, 0.15) is 0 Å². The number of rotatable bonds is 2. The summed E-state index contributed by atoms with van der Waals surface area (Å²) in [5, 5.41) is 4.55. The Bertz CT molecular complexity index is 513. The van der Waals surface area contributed by atoms with Gasteiger partial charge in [0.2, 0.25) is 0 Å². The van der Waals surface area contributed by atoms with E-state index in [-0.39, 0.29) is 20.1 Å². The van der Waals surface area contributed by atoms with Crippen LogP contribution < -0.4 is 0 Å². The third-order valence-corrected chi connectivity index (χ3v) is 4.01. The standard InChI is InChI=1S/C16H19N2.Ir/c1-13-16(14-8-4-2-5-9-14)12-17-18(13)15-10-6-3-7-11-15;/h3,6-7,10,12,14H,2,4-5,8-9H2,1H3;/q-1;. The number of nitrogens with zero attached hydrogens (tertiary/aromatic N) is 2. The summed E-state index contributed by atoms with van der Waals surface area (Å²) in [5.41, 5.74) is 3.76. The van der Waals surface area contributed by atoms with E-state index in [2.05, 4.69) is 30.4 Å². The zero-order chi connectivity index (χ0) is 12.4. The van der Waals surface area contributed by atoms with Gasteiger partial charge in [-0.2, -0.15) is 29.4 Å². The molecule has 0 aliphatic heterocycles. The first-order valence-corrected chi connectivity index (χ1v) is 6.88. The molecular weight excluding hydrogens is 412 g/mol. The van der Waals surface area contributed by atoms with Crippen LogP contribution in [0.15, 0.2) is 30.5 Å². The molecule has 1 fully saturated rings. The molecule has 0 amide bonds. The second kappa shape index (κ2) is 6.49. The molecule has 0 unspecified atom stereocenters. The summed E-state index contributed by atoms with van der Waals surface area (Å²) >= 11 is 0. The maximum absolute atomic E-state index is 4.55. The number of hydrogen-bond donors (Lipinski definition) is 0. The second-order valence-corrected chi connectivity index (χ2v) is 5.18. The summed E-state index contributed by atoms with van der Waals surface area (Å²) in [6.07, 6.45) is 8.85. The Morgan fingerprint density at radius 1 is 1.21 bits per heavy atom. The van der Waals surface area contributed by atoms with Crippen molar-refractivity contribution in [3.05, 3.63) is 47.8 Å². The van der Waals surface area contributed by atoms with Gasteiger partial charge in [0.15, 0.2) is 0 Å². The summed E-state index contributed by atoms with van der Waals surface area (Å²) in [7, 11) is 0. The van der Waals surface area contributed by atoms with Gasteiger partial charge in [0.25, 0.3) is 0 Å². The molecule has 2 nitrogen and oxygen atoms in total. The fraction of sp³-hybridized carbons (Fsp3) is 0.438.